The summed E-state index contributed by atoms with van der Waals surface area (Å²) in [5.74, 6) is 1.87. The molecule has 18 heavy (non-hydrogen) atoms. The molecular weight excluding hydrogens is 216 g/mol. The maximum atomic E-state index is 2.34. The number of hydrogen-bond acceptors (Lipinski definition) is 0. The van der Waals surface area contributed by atoms with Gasteiger partial charge in [-0.15, -0.1) is 0 Å². The lowest BCUT2D eigenvalue weighted by atomic mass is 9.77. The summed E-state index contributed by atoms with van der Waals surface area (Å²) in [7, 11) is 0. The van der Waals surface area contributed by atoms with Gasteiger partial charge in [0.25, 0.3) is 0 Å². The second kappa shape index (κ2) is 7.61. The van der Waals surface area contributed by atoms with E-state index in [1.54, 1.807) is 5.56 Å². The van der Waals surface area contributed by atoms with Crippen molar-refractivity contribution in [2.45, 2.75) is 72.1 Å². The highest BCUT2D eigenvalue weighted by Gasteiger charge is 2.21. The Hall–Kier alpha value is -0.780. The van der Waals surface area contributed by atoms with Crippen molar-refractivity contribution in [2.75, 3.05) is 0 Å². The predicted octanol–water partition coefficient (Wildman–Crippen LogP) is 6.10. The maximum absolute atomic E-state index is 2.34. The van der Waals surface area contributed by atoms with Gasteiger partial charge in [0, 0.05) is 0 Å². The predicted molar refractivity (Wildman–Crippen MR) is 82.1 cm³/mol. The van der Waals surface area contributed by atoms with Crippen LogP contribution in [0.3, 0.4) is 0 Å². The first kappa shape index (κ1) is 15.3. The van der Waals surface area contributed by atoms with Crippen molar-refractivity contribution < 1.29 is 0 Å². The lowest BCUT2D eigenvalue weighted by Crippen LogP contribution is -2.13. The van der Waals surface area contributed by atoms with Crippen LogP contribution in [0.1, 0.15) is 76.3 Å². The van der Waals surface area contributed by atoms with Gasteiger partial charge in [-0.1, -0.05) is 63.4 Å². The smallest absolute Gasteiger partial charge is 0.0162 e. The first-order chi connectivity index (χ1) is 8.29. The fourth-order valence-corrected chi connectivity index (χ4v) is 3.12. The number of benzene rings is 1. The molecule has 1 aromatic rings. The highest BCUT2D eigenvalue weighted by atomic mass is 14.3. The Morgan fingerprint density at radius 1 is 1.00 bits per heavy atom. The molecule has 102 valence electrons. The average molecular weight is 246 g/mol. The van der Waals surface area contributed by atoms with Crippen LogP contribution in [0.15, 0.2) is 24.3 Å². The summed E-state index contributed by atoms with van der Waals surface area (Å²) >= 11 is 0. The minimum absolute atomic E-state index is 0. The standard InChI is InChI=1S/C17H26.CH4/c1-3-4-5-15-8-12-17(13-9-15)16-10-6-14(2)7-11-16;/h6-7,10-11,15,17H,3-5,8-9,12-13H2,1-2H3;1H4. The van der Waals surface area contributed by atoms with Crippen molar-refractivity contribution in [3.05, 3.63) is 35.4 Å². The van der Waals surface area contributed by atoms with Gasteiger partial charge < -0.3 is 0 Å². The van der Waals surface area contributed by atoms with Gasteiger partial charge in [-0.2, -0.15) is 0 Å². The van der Waals surface area contributed by atoms with E-state index < -0.39 is 0 Å². The van der Waals surface area contributed by atoms with Crippen molar-refractivity contribution in [1.82, 2.24) is 0 Å². The van der Waals surface area contributed by atoms with Crippen molar-refractivity contribution in [2.24, 2.45) is 5.92 Å². The molecule has 0 spiro atoms. The molecule has 0 N–H and O–H groups in total. The molecular formula is C18H30. The molecule has 0 heterocycles. The first-order valence-electron chi connectivity index (χ1n) is 7.36. The summed E-state index contributed by atoms with van der Waals surface area (Å²) < 4.78 is 0. The molecule has 0 aliphatic heterocycles. The Morgan fingerprint density at radius 3 is 2.17 bits per heavy atom. The van der Waals surface area contributed by atoms with E-state index in [0.717, 1.165) is 11.8 Å². The molecule has 0 bridgehead atoms. The van der Waals surface area contributed by atoms with Gasteiger partial charge in [-0.3, -0.25) is 0 Å². The van der Waals surface area contributed by atoms with Gasteiger partial charge in [0.2, 0.25) is 0 Å². The van der Waals surface area contributed by atoms with Crippen molar-refractivity contribution in [1.29, 1.82) is 0 Å². The fourth-order valence-electron chi connectivity index (χ4n) is 3.12. The molecule has 0 amide bonds. The number of hydrogen-bond donors (Lipinski definition) is 0. The van der Waals surface area contributed by atoms with E-state index >= 15 is 0 Å². The minimum atomic E-state index is 0. The second-order valence-corrected chi connectivity index (χ2v) is 5.77. The largest absolute Gasteiger partial charge is 0.0776 e. The average Bonchev–Trinajstić information content (AvgIpc) is 2.38. The second-order valence-electron chi connectivity index (χ2n) is 5.77. The molecule has 0 radical (unpaired) electrons. The van der Waals surface area contributed by atoms with Gasteiger partial charge in [0.05, 0.1) is 0 Å². The zero-order valence-corrected chi connectivity index (χ0v) is 11.4. The maximum Gasteiger partial charge on any atom is -0.0162 e. The van der Waals surface area contributed by atoms with Crippen LogP contribution in [0.2, 0.25) is 0 Å². The monoisotopic (exact) mass is 246 g/mol. The highest BCUT2D eigenvalue weighted by Crippen LogP contribution is 2.37. The van der Waals surface area contributed by atoms with Crippen LogP contribution in [0.4, 0.5) is 0 Å². The van der Waals surface area contributed by atoms with E-state index in [4.69, 9.17) is 0 Å². The van der Waals surface area contributed by atoms with Crippen LogP contribution in [0.25, 0.3) is 0 Å². The summed E-state index contributed by atoms with van der Waals surface area (Å²) in [5, 5.41) is 0. The third kappa shape index (κ3) is 4.15. The molecule has 0 nitrogen and oxygen atoms in total. The summed E-state index contributed by atoms with van der Waals surface area (Å²) in [4.78, 5) is 0. The van der Waals surface area contributed by atoms with E-state index in [1.165, 1.54) is 50.5 Å². The molecule has 1 aromatic carbocycles. The Balaban J connectivity index is 0.00000162. The Labute approximate surface area is 114 Å². The summed E-state index contributed by atoms with van der Waals surface area (Å²) in [6, 6.07) is 9.20. The fraction of sp³-hybridized carbons (Fsp3) is 0.667. The molecule has 1 aliphatic carbocycles. The first-order valence-corrected chi connectivity index (χ1v) is 7.36. The molecule has 0 unspecified atom stereocenters. The summed E-state index contributed by atoms with van der Waals surface area (Å²) in [6.07, 6.45) is 10.0. The van der Waals surface area contributed by atoms with Crippen LogP contribution in [-0.2, 0) is 0 Å². The van der Waals surface area contributed by atoms with E-state index in [-0.39, 0.29) is 7.43 Å². The van der Waals surface area contributed by atoms with E-state index in [2.05, 4.69) is 38.1 Å². The lowest BCUT2D eigenvalue weighted by molar-refractivity contribution is 0.304. The molecule has 2 rings (SSSR count). The Morgan fingerprint density at radius 2 is 1.61 bits per heavy atom. The molecule has 1 fully saturated rings. The molecule has 0 saturated heterocycles. The third-order valence-corrected chi connectivity index (χ3v) is 4.36. The van der Waals surface area contributed by atoms with E-state index in [1.807, 2.05) is 0 Å². The summed E-state index contributed by atoms with van der Waals surface area (Å²) in [6.45, 7) is 4.48. The van der Waals surface area contributed by atoms with Gasteiger partial charge >= 0.3 is 0 Å². The molecule has 1 saturated carbocycles. The van der Waals surface area contributed by atoms with Crippen LogP contribution in [-0.4, -0.2) is 0 Å². The molecule has 0 aromatic heterocycles. The number of rotatable bonds is 4. The van der Waals surface area contributed by atoms with Crippen molar-refractivity contribution in [3.8, 4) is 0 Å². The zero-order chi connectivity index (χ0) is 12.1. The van der Waals surface area contributed by atoms with Crippen molar-refractivity contribution >= 4 is 0 Å². The van der Waals surface area contributed by atoms with Crippen molar-refractivity contribution in [3.63, 3.8) is 0 Å². The Bertz CT molecular complexity index is 314. The molecule has 0 atom stereocenters. The minimum Gasteiger partial charge on any atom is -0.0776 e. The van der Waals surface area contributed by atoms with E-state index in [0.29, 0.717) is 0 Å². The lowest BCUT2D eigenvalue weighted by Gasteiger charge is -2.28. The molecule has 1 aliphatic rings. The van der Waals surface area contributed by atoms with Crippen LogP contribution < -0.4 is 0 Å². The van der Waals surface area contributed by atoms with Gasteiger partial charge in [-0.05, 0) is 50.0 Å². The van der Waals surface area contributed by atoms with Gasteiger partial charge in [-0.25, -0.2) is 0 Å². The van der Waals surface area contributed by atoms with Gasteiger partial charge in [0.1, 0.15) is 0 Å². The summed E-state index contributed by atoms with van der Waals surface area (Å²) in [5.41, 5.74) is 2.95. The molecule has 0 heteroatoms. The third-order valence-electron chi connectivity index (χ3n) is 4.36. The SMILES string of the molecule is C.CCCCC1CCC(c2ccc(C)cc2)CC1. The quantitative estimate of drug-likeness (QED) is 0.602. The highest BCUT2D eigenvalue weighted by molar-refractivity contribution is 5.24. The number of unbranched alkanes of at least 4 members (excludes halogenated alkanes) is 1. The van der Waals surface area contributed by atoms with Crippen LogP contribution in [0, 0.1) is 12.8 Å². The normalized spacial score (nSPS) is 23.4. The van der Waals surface area contributed by atoms with Gasteiger partial charge in [0.15, 0.2) is 0 Å². The van der Waals surface area contributed by atoms with E-state index in [9.17, 15) is 0 Å². The zero-order valence-electron chi connectivity index (χ0n) is 11.4. The van der Waals surface area contributed by atoms with Crippen LogP contribution >= 0.6 is 0 Å². The topological polar surface area (TPSA) is 0 Å². The number of aryl methyl sites for hydroxylation is 1. The Kier molecular flexibility index (Phi) is 6.46. The van der Waals surface area contributed by atoms with Crippen LogP contribution in [0.5, 0.6) is 0 Å².